The number of rotatable bonds is 5. The molecule has 0 spiro atoms. The second-order valence-electron chi connectivity index (χ2n) is 4.00. The zero-order valence-corrected chi connectivity index (χ0v) is 10.7. The molecule has 0 radical (unpaired) electrons. The summed E-state index contributed by atoms with van der Waals surface area (Å²) < 4.78 is 48.9. The van der Waals surface area contributed by atoms with E-state index in [9.17, 15) is 37.3 Å². The van der Waals surface area contributed by atoms with Crippen LogP contribution in [0.25, 0.3) is 0 Å². The van der Waals surface area contributed by atoms with Crippen molar-refractivity contribution in [2.24, 2.45) is 0 Å². The Bertz CT molecular complexity index is 603. The molecule has 0 aliphatic rings. The lowest BCUT2D eigenvalue weighted by atomic mass is 10.1. The molecule has 0 heterocycles. The fourth-order valence-corrected chi connectivity index (χ4v) is 1.32. The molecule has 0 saturated carbocycles. The highest BCUT2D eigenvalue weighted by Crippen LogP contribution is 2.16. The van der Waals surface area contributed by atoms with Gasteiger partial charge in [-0.2, -0.15) is 13.2 Å². The van der Waals surface area contributed by atoms with Gasteiger partial charge in [0.2, 0.25) is 5.91 Å². The van der Waals surface area contributed by atoms with Crippen molar-refractivity contribution < 1.29 is 32.1 Å². The number of benzene rings is 1. The Kier molecular flexibility index (Phi) is 5.38. The number of hydrogen-bond acceptors (Lipinski definition) is 4. The van der Waals surface area contributed by atoms with E-state index < -0.39 is 53.1 Å². The number of non-ortho nitro benzene ring substituents is 1. The molecule has 2 N–H and O–H groups in total. The molecule has 2 amide bonds. The van der Waals surface area contributed by atoms with E-state index in [1.807, 2.05) is 5.32 Å². The van der Waals surface area contributed by atoms with Crippen LogP contribution in [0.5, 0.6) is 0 Å². The molecule has 0 aromatic heterocycles. The smallest absolute Gasteiger partial charge is 0.345 e. The van der Waals surface area contributed by atoms with Crippen molar-refractivity contribution in [2.75, 3.05) is 13.1 Å². The van der Waals surface area contributed by atoms with E-state index in [-0.39, 0.29) is 0 Å². The van der Waals surface area contributed by atoms with Crippen molar-refractivity contribution in [3.05, 3.63) is 39.7 Å². The molecule has 0 aliphatic carbocycles. The summed E-state index contributed by atoms with van der Waals surface area (Å²) in [5.41, 5.74) is -1.24. The summed E-state index contributed by atoms with van der Waals surface area (Å²) in [5, 5.41) is 13.9. The van der Waals surface area contributed by atoms with Crippen LogP contribution in [0.15, 0.2) is 18.2 Å². The second-order valence-corrected chi connectivity index (χ2v) is 4.00. The van der Waals surface area contributed by atoms with Crippen LogP contribution in [-0.4, -0.2) is 36.0 Å². The number of carbonyl (C=O) groups is 2. The van der Waals surface area contributed by atoms with Crippen molar-refractivity contribution in [3.63, 3.8) is 0 Å². The van der Waals surface area contributed by atoms with Crippen LogP contribution in [0.2, 0.25) is 0 Å². The lowest BCUT2D eigenvalue weighted by Gasteiger charge is -2.09. The minimum Gasteiger partial charge on any atom is -0.345 e. The molecular formula is C11H9F4N3O4. The fraction of sp³-hybridized carbons (Fsp3) is 0.273. The fourth-order valence-electron chi connectivity index (χ4n) is 1.32. The SMILES string of the molecule is O=C(CNC(=O)c1cc([N+](=O)[O-])ccc1F)NCC(F)(F)F. The van der Waals surface area contributed by atoms with E-state index in [1.165, 1.54) is 5.32 Å². The predicted molar refractivity (Wildman–Crippen MR) is 64.5 cm³/mol. The maximum Gasteiger partial charge on any atom is 0.405 e. The van der Waals surface area contributed by atoms with Gasteiger partial charge in [0, 0.05) is 12.1 Å². The van der Waals surface area contributed by atoms with Crippen molar-refractivity contribution in [3.8, 4) is 0 Å². The summed E-state index contributed by atoms with van der Waals surface area (Å²) in [6.45, 7) is -2.41. The summed E-state index contributed by atoms with van der Waals surface area (Å²) in [7, 11) is 0. The molecule has 1 aromatic rings. The molecule has 0 fully saturated rings. The molecule has 0 aliphatic heterocycles. The van der Waals surface area contributed by atoms with Gasteiger partial charge in [-0.25, -0.2) is 4.39 Å². The molecular weight excluding hydrogens is 314 g/mol. The van der Waals surface area contributed by atoms with Gasteiger partial charge in [-0.1, -0.05) is 0 Å². The number of halogens is 4. The van der Waals surface area contributed by atoms with Gasteiger partial charge in [-0.3, -0.25) is 19.7 Å². The van der Waals surface area contributed by atoms with Crippen LogP contribution < -0.4 is 10.6 Å². The largest absolute Gasteiger partial charge is 0.405 e. The van der Waals surface area contributed by atoms with Gasteiger partial charge < -0.3 is 10.6 Å². The molecule has 7 nitrogen and oxygen atoms in total. The van der Waals surface area contributed by atoms with E-state index in [4.69, 9.17) is 0 Å². The average Bonchev–Trinajstić information content (AvgIpc) is 2.42. The maximum atomic E-state index is 13.4. The molecule has 0 unspecified atom stereocenters. The Balaban J connectivity index is 2.64. The van der Waals surface area contributed by atoms with Gasteiger partial charge >= 0.3 is 6.18 Å². The van der Waals surface area contributed by atoms with Crippen molar-refractivity contribution in [2.45, 2.75) is 6.18 Å². The first-order valence-corrected chi connectivity index (χ1v) is 5.66. The van der Waals surface area contributed by atoms with Crippen LogP contribution in [0.3, 0.4) is 0 Å². The third kappa shape index (κ3) is 5.34. The molecule has 120 valence electrons. The highest BCUT2D eigenvalue weighted by molar-refractivity contribution is 5.97. The van der Waals surface area contributed by atoms with E-state index >= 15 is 0 Å². The molecule has 0 atom stereocenters. The van der Waals surface area contributed by atoms with E-state index in [0.29, 0.717) is 12.1 Å². The summed E-state index contributed by atoms with van der Waals surface area (Å²) in [6.07, 6.45) is -4.61. The maximum absolute atomic E-state index is 13.4. The monoisotopic (exact) mass is 323 g/mol. The third-order valence-electron chi connectivity index (χ3n) is 2.30. The Hall–Kier alpha value is -2.72. The summed E-state index contributed by atoms with van der Waals surface area (Å²) in [6, 6.07) is 2.18. The van der Waals surface area contributed by atoms with Crippen molar-refractivity contribution in [1.29, 1.82) is 0 Å². The van der Waals surface area contributed by atoms with Gasteiger partial charge in [-0.05, 0) is 6.07 Å². The average molecular weight is 323 g/mol. The summed E-state index contributed by atoms with van der Waals surface area (Å²) in [5.74, 6) is -3.38. The highest BCUT2D eigenvalue weighted by atomic mass is 19.4. The second kappa shape index (κ2) is 6.83. The first kappa shape index (κ1) is 17.3. The first-order valence-electron chi connectivity index (χ1n) is 5.66. The summed E-state index contributed by atoms with van der Waals surface area (Å²) >= 11 is 0. The summed E-state index contributed by atoms with van der Waals surface area (Å²) in [4.78, 5) is 32.3. The Morgan fingerprint density at radius 3 is 2.41 bits per heavy atom. The van der Waals surface area contributed by atoms with E-state index in [2.05, 4.69) is 0 Å². The number of carbonyl (C=O) groups excluding carboxylic acids is 2. The van der Waals surface area contributed by atoms with Gasteiger partial charge in [-0.15, -0.1) is 0 Å². The molecule has 0 saturated heterocycles. The number of nitrogens with zero attached hydrogens (tertiary/aromatic N) is 1. The molecule has 1 rings (SSSR count). The van der Waals surface area contributed by atoms with Crippen LogP contribution in [0.1, 0.15) is 10.4 Å². The van der Waals surface area contributed by atoms with Crippen LogP contribution in [0, 0.1) is 15.9 Å². The number of nitro groups is 1. The van der Waals surface area contributed by atoms with Crippen molar-refractivity contribution in [1.82, 2.24) is 10.6 Å². The van der Waals surface area contributed by atoms with Crippen LogP contribution >= 0.6 is 0 Å². The van der Waals surface area contributed by atoms with E-state index in [0.717, 1.165) is 6.07 Å². The first-order chi connectivity index (χ1) is 10.1. The number of nitrogens with one attached hydrogen (secondary N) is 2. The highest BCUT2D eigenvalue weighted by Gasteiger charge is 2.27. The predicted octanol–water partition coefficient (Wildman–Crippen LogP) is 1.14. The standard InChI is InChI=1S/C11H9F4N3O4/c12-8-2-1-6(18(21)22)3-7(8)10(20)16-4-9(19)17-5-11(13,14)15/h1-3H,4-5H2,(H,16,20)(H,17,19). The quantitative estimate of drug-likeness (QED) is 0.482. The van der Waals surface area contributed by atoms with Gasteiger partial charge in [0.25, 0.3) is 11.6 Å². The number of amides is 2. The Morgan fingerprint density at radius 2 is 1.86 bits per heavy atom. The number of hydrogen-bond donors (Lipinski definition) is 2. The van der Waals surface area contributed by atoms with Crippen LogP contribution in [-0.2, 0) is 4.79 Å². The topological polar surface area (TPSA) is 101 Å². The van der Waals surface area contributed by atoms with Crippen LogP contribution in [0.4, 0.5) is 23.2 Å². The lowest BCUT2D eigenvalue weighted by Crippen LogP contribution is -2.41. The van der Waals surface area contributed by atoms with Gasteiger partial charge in [0.05, 0.1) is 17.0 Å². The Labute approximate surface area is 120 Å². The molecule has 11 heteroatoms. The molecule has 0 bridgehead atoms. The zero-order chi connectivity index (χ0) is 16.9. The number of nitro benzene ring substituents is 1. The third-order valence-corrected chi connectivity index (χ3v) is 2.30. The minimum absolute atomic E-state index is 0.548. The molecule has 22 heavy (non-hydrogen) atoms. The lowest BCUT2D eigenvalue weighted by molar-refractivity contribution is -0.384. The number of alkyl halides is 3. The normalized spacial score (nSPS) is 10.9. The van der Waals surface area contributed by atoms with Crippen molar-refractivity contribution >= 4 is 17.5 Å². The van der Waals surface area contributed by atoms with Gasteiger partial charge in [0.15, 0.2) is 0 Å². The zero-order valence-electron chi connectivity index (χ0n) is 10.7. The van der Waals surface area contributed by atoms with Gasteiger partial charge in [0.1, 0.15) is 12.4 Å². The molecule has 1 aromatic carbocycles. The Morgan fingerprint density at radius 1 is 1.23 bits per heavy atom. The van der Waals surface area contributed by atoms with E-state index in [1.54, 1.807) is 0 Å². The minimum atomic E-state index is -4.61.